The molecule has 4 nitrogen and oxygen atoms in total. The predicted octanol–water partition coefficient (Wildman–Crippen LogP) is 5.60. The minimum absolute atomic E-state index is 0.0146. The number of ether oxygens (including phenoxy) is 3. The molecule has 0 bridgehead atoms. The van der Waals surface area contributed by atoms with Crippen LogP contribution in [0.25, 0.3) is 21.9 Å². The highest BCUT2D eigenvalue weighted by molar-refractivity contribution is 6.06. The van der Waals surface area contributed by atoms with Crippen molar-refractivity contribution in [3.05, 3.63) is 35.9 Å². The Kier molecular flexibility index (Phi) is 4.91. The van der Waals surface area contributed by atoms with Crippen LogP contribution in [-0.4, -0.2) is 25.4 Å². The summed E-state index contributed by atoms with van der Waals surface area (Å²) in [5.74, 6) is -1.07. The van der Waals surface area contributed by atoms with Crippen LogP contribution in [0.2, 0.25) is 0 Å². The first-order chi connectivity index (χ1) is 13.1. The fraction of sp³-hybridized carbons (Fsp3) is 0.429. The Hall–Kier alpha value is -2.34. The van der Waals surface area contributed by atoms with E-state index in [-0.39, 0.29) is 34.9 Å². The summed E-state index contributed by atoms with van der Waals surface area (Å²) in [5.41, 5.74) is -0.0294. The van der Waals surface area contributed by atoms with Gasteiger partial charge in [-0.25, -0.2) is 0 Å². The maximum absolute atomic E-state index is 15.0. The fourth-order valence-electron chi connectivity index (χ4n) is 3.62. The first-order valence-corrected chi connectivity index (χ1v) is 9.36. The summed E-state index contributed by atoms with van der Waals surface area (Å²) in [6.45, 7) is 4.64. The summed E-state index contributed by atoms with van der Waals surface area (Å²) in [4.78, 5) is 0. The fourth-order valence-corrected chi connectivity index (χ4v) is 3.62. The van der Waals surface area contributed by atoms with Gasteiger partial charge in [-0.05, 0) is 37.6 Å². The van der Waals surface area contributed by atoms with Crippen molar-refractivity contribution in [2.24, 2.45) is 0 Å². The van der Waals surface area contributed by atoms with Crippen molar-refractivity contribution in [3.8, 4) is 11.5 Å². The molecule has 1 aromatic heterocycles. The average Bonchev–Trinajstić information content (AvgIpc) is 3.25. The van der Waals surface area contributed by atoms with E-state index in [1.807, 2.05) is 0 Å². The molecule has 0 saturated carbocycles. The van der Waals surface area contributed by atoms with Crippen LogP contribution in [0.15, 0.2) is 28.7 Å². The minimum atomic E-state index is -0.626. The van der Waals surface area contributed by atoms with E-state index in [4.69, 9.17) is 18.6 Å². The number of benzene rings is 2. The van der Waals surface area contributed by atoms with Crippen LogP contribution >= 0.6 is 0 Å². The third kappa shape index (κ3) is 3.23. The van der Waals surface area contributed by atoms with E-state index in [1.54, 1.807) is 25.1 Å². The molecule has 0 spiro atoms. The van der Waals surface area contributed by atoms with Crippen molar-refractivity contribution >= 4 is 21.9 Å². The Morgan fingerprint density at radius 1 is 1.00 bits per heavy atom. The van der Waals surface area contributed by atoms with Crippen molar-refractivity contribution < 1.29 is 27.4 Å². The summed E-state index contributed by atoms with van der Waals surface area (Å²) < 4.78 is 51.8. The molecule has 6 heteroatoms. The molecule has 2 heterocycles. The highest BCUT2D eigenvalue weighted by Crippen LogP contribution is 2.38. The lowest BCUT2D eigenvalue weighted by Crippen LogP contribution is -2.17. The van der Waals surface area contributed by atoms with Crippen LogP contribution < -0.4 is 9.47 Å². The van der Waals surface area contributed by atoms with Gasteiger partial charge in [-0.1, -0.05) is 13.3 Å². The smallest absolute Gasteiger partial charge is 0.208 e. The molecule has 0 amide bonds. The molecule has 1 aliphatic rings. The standard InChI is InChI=1S/C21H22F2O4/c1-3-5-12-10-13(11-25-12)26-17-9-7-15-14-6-8-16(24-4-2)18(22)20(14)27-21(15)19(17)23/h6-9,12-13H,3-5,10-11H2,1-2H3. The SMILES string of the molecule is CCCC1CC(Oc2ccc3c(oc4c(F)c(OCC)ccc43)c2F)CO1. The maximum Gasteiger partial charge on any atom is 0.208 e. The quantitative estimate of drug-likeness (QED) is 0.562. The van der Waals surface area contributed by atoms with Crippen molar-refractivity contribution in [1.29, 1.82) is 0 Å². The summed E-state index contributed by atoms with van der Waals surface area (Å²) >= 11 is 0. The molecule has 1 saturated heterocycles. The Labute approximate surface area is 156 Å². The topological polar surface area (TPSA) is 40.8 Å². The second-order valence-electron chi connectivity index (χ2n) is 6.76. The summed E-state index contributed by atoms with van der Waals surface area (Å²) in [6.07, 6.45) is 2.69. The lowest BCUT2D eigenvalue weighted by Gasteiger charge is -2.12. The molecule has 1 fully saturated rings. The normalized spacial score (nSPS) is 19.9. The van der Waals surface area contributed by atoms with E-state index in [0.717, 1.165) is 19.3 Å². The Morgan fingerprint density at radius 3 is 2.33 bits per heavy atom. The molecular formula is C21H22F2O4. The number of hydrogen-bond donors (Lipinski definition) is 0. The zero-order valence-electron chi connectivity index (χ0n) is 15.4. The monoisotopic (exact) mass is 376 g/mol. The van der Waals surface area contributed by atoms with Gasteiger partial charge in [-0.2, -0.15) is 8.78 Å². The molecular weight excluding hydrogens is 354 g/mol. The van der Waals surface area contributed by atoms with Gasteiger partial charge in [-0.15, -0.1) is 0 Å². The van der Waals surface area contributed by atoms with Gasteiger partial charge in [0.25, 0.3) is 0 Å². The van der Waals surface area contributed by atoms with Crippen LogP contribution in [-0.2, 0) is 4.74 Å². The summed E-state index contributed by atoms with van der Waals surface area (Å²) in [5, 5.41) is 1.01. The minimum Gasteiger partial charge on any atom is -0.491 e. The van der Waals surface area contributed by atoms with Gasteiger partial charge >= 0.3 is 0 Å². The first kappa shape index (κ1) is 18.0. The molecule has 1 aliphatic heterocycles. The highest BCUT2D eigenvalue weighted by atomic mass is 19.1. The molecule has 4 rings (SSSR count). The van der Waals surface area contributed by atoms with Gasteiger partial charge < -0.3 is 18.6 Å². The van der Waals surface area contributed by atoms with E-state index in [9.17, 15) is 8.78 Å². The van der Waals surface area contributed by atoms with Crippen LogP contribution in [0.5, 0.6) is 11.5 Å². The second-order valence-corrected chi connectivity index (χ2v) is 6.76. The number of hydrogen-bond acceptors (Lipinski definition) is 4. The van der Waals surface area contributed by atoms with E-state index in [2.05, 4.69) is 6.92 Å². The van der Waals surface area contributed by atoms with Gasteiger partial charge in [-0.3, -0.25) is 0 Å². The average molecular weight is 376 g/mol. The Balaban J connectivity index is 1.67. The Bertz CT molecular complexity index is 966. The number of fused-ring (bicyclic) bond motifs is 3. The largest absolute Gasteiger partial charge is 0.491 e. The predicted molar refractivity (Wildman–Crippen MR) is 98.5 cm³/mol. The van der Waals surface area contributed by atoms with Gasteiger partial charge in [0.2, 0.25) is 11.6 Å². The van der Waals surface area contributed by atoms with Crippen LogP contribution in [0.4, 0.5) is 8.78 Å². The van der Waals surface area contributed by atoms with Crippen molar-refractivity contribution in [1.82, 2.24) is 0 Å². The van der Waals surface area contributed by atoms with Gasteiger partial charge in [0.1, 0.15) is 6.10 Å². The van der Waals surface area contributed by atoms with E-state index >= 15 is 0 Å². The van der Waals surface area contributed by atoms with Crippen molar-refractivity contribution in [3.63, 3.8) is 0 Å². The van der Waals surface area contributed by atoms with Gasteiger partial charge in [0.05, 0.1) is 19.3 Å². The molecule has 0 aliphatic carbocycles. The highest BCUT2D eigenvalue weighted by Gasteiger charge is 2.28. The van der Waals surface area contributed by atoms with Crippen molar-refractivity contribution in [2.45, 2.75) is 45.3 Å². The van der Waals surface area contributed by atoms with Gasteiger partial charge in [0, 0.05) is 17.2 Å². The van der Waals surface area contributed by atoms with Crippen LogP contribution in [0.3, 0.4) is 0 Å². The number of rotatable bonds is 6. The van der Waals surface area contributed by atoms with Gasteiger partial charge in [0.15, 0.2) is 22.7 Å². The van der Waals surface area contributed by atoms with E-state index in [0.29, 0.717) is 24.0 Å². The Morgan fingerprint density at radius 2 is 1.67 bits per heavy atom. The number of halogens is 2. The molecule has 2 unspecified atom stereocenters. The summed E-state index contributed by atoms with van der Waals surface area (Å²) in [6, 6.07) is 6.46. The van der Waals surface area contributed by atoms with Crippen LogP contribution in [0.1, 0.15) is 33.1 Å². The number of furan rings is 1. The summed E-state index contributed by atoms with van der Waals surface area (Å²) in [7, 11) is 0. The molecule has 144 valence electrons. The third-order valence-electron chi connectivity index (χ3n) is 4.87. The molecule has 3 aromatic rings. The molecule has 2 aromatic carbocycles. The van der Waals surface area contributed by atoms with E-state index in [1.165, 1.54) is 6.07 Å². The molecule has 27 heavy (non-hydrogen) atoms. The maximum atomic E-state index is 15.0. The lowest BCUT2D eigenvalue weighted by molar-refractivity contribution is 0.0880. The van der Waals surface area contributed by atoms with Crippen LogP contribution in [0, 0.1) is 11.6 Å². The first-order valence-electron chi connectivity index (χ1n) is 9.36. The third-order valence-corrected chi connectivity index (χ3v) is 4.87. The second kappa shape index (κ2) is 7.35. The zero-order chi connectivity index (χ0) is 19.0. The molecule has 0 radical (unpaired) electrons. The van der Waals surface area contributed by atoms with E-state index < -0.39 is 11.6 Å². The molecule has 0 N–H and O–H groups in total. The van der Waals surface area contributed by atoms with Crippen molar-refractivity contribution in [2.75, 3.05) is 13.2 Å². The lowest BCUT2D eigenvalue weighted by atomic mass is 10.1. The zero-order valence-corrected chi connectivity index (χ0v) is 15.4. The molecule has 2 atom stereocenters.